The minimum atomic E-state index is -2.99. The second kappa shape index (κ2) is 10.7. The van der Waals surface area contributed by atoms with Crippen LogP contribution in [-0.2, 0) is 15.4 Å². The van der Waals surface area contributed by atoms with Gasteiger partial charge in [-0.3, -0.25) is 4.99 Å². The highest BCUT2D eigenvalue weighted by Crippen LogP contribution is 2.23. The fourth-order valence-corrected chi connectivity index (χ4v) is 3.17. The monoisotopic (exact) mass is 515 g/mol. The molecule has 0 aromatic carbocycles. The molecule has 0 aliphatic rings. The average Bonchev–Trinajstić information content (AvgIpc) is 2.95. The lowest BCUT2D eigenvalue weighted by molar-refractivity contribution is 0.0378. The third kappa shape index (κ3) is 10.3. The van der Waals surface area contributed by atoms with Gasteiger partial charge in [-0.2, -0.15) is 0 Å². The number of aryl methyl sites for hydroxylation is 1. The molecule has 1 aromatic rings. The van der Waals surface area contributed by atoms with Crippen molar-refractivity contribution in [3.63, 3.8) is 0 Å². The first-order chi connectivity index (χ1) is 11.8. The number of hydrogen-bond donors (Lipinski definition) is 3. The van der Waals surface area contributed by atoms with Crippen molar-refractivity contribution in [2.75, 3.05) is 31.6 Å². The molecule has 158 valence electrons. The van der Waals surface area contributed by atoms with E-state index in [1.54, 1.807) is 13.0 Å². The van der Waals surface area contributed by atoms with Gasteiger partial charge < -0.3 is 20.2 Å². The molecule has 0 aliphatic carbocycles. The second-order valence-electron chi connectivity index (χ2n) is 7.78. The van der Waals surface area contributed by atoms with Crippen molar-refractivity contribution >= 4 is 39.8 Å². The van der Waals surface area contributed by atoms with E-state index in [0.29, 0.717) is 31.2 Å². The number of guanidine groups is 1. The average molecular weight is 515 g/mol. The Kier molecular flexibility index (Phi) is 10.3. The minimum absolute atomic E-state index is 0. The maximum Gasteiger partial charge on any atom is 0.191 e. The molecule has 0 saturated carbocycles. The molecule has 1 aromatic heterocycles. The van der Waals surface area contributed by atoms with Crippen molar-refractivity contribution in [1.29, 1.82) is 0 Å². The Bertz CT molecular complexity index is 712. The Labute approximate surface area is 180 Å². The summed E-state index contributed by atoms with van der Waals surface area (Å²) >= 11 is 0. The molecule has 1 heterocycles. The molecule has 1 rings (SSSR count). The normalized spacial score (nSPS) is 15.0. The van der Waals surface area contributed by atoms with Gasteiger partial charge in [-0.1, -0.05) is 13.8 Å². The molecule has 0 bridgehead atoms. The molecule has 0 saturated heterocycles. The van der Waals surface area contributed by atoms with Crippen LogP contribution in [0.1, 0.15) is 45.6 Å². The van der Waals surface area contributed by atoms with Crippen LogP contribution < -0.4 is 10.6 Å². The lowest BCUT2D eigenvalue weighted by Crippen LogP contribution is -2.44. The van der Waals surface area contributed by atoms with Crippen molar-refractivity contribution in [3.8, 4) is 0 Å². The highest BCUT2D eigenvalue weighted by atomic mass is 127. The number of nitrogens with one attached hydrogen (secondary N) is 2. The molecule has 9 heteroatoms. The predicted octanol–water partition coefficient (Wildman–Crippen LogP) is 2.43. The molecule has 0 fully saturated rings. The van der Waals surface area contributed by atoms with Gasteiger partial charge in [-0.05, 0) is 44.7 Å². The van der Waals surface area contributed by atoms with E-state index in [2.05, 4.69) is 15.6 Å². The second-order valence-corrected chi connectivity index (χ2v) is 10.0. The topological polar surface area (TPSA) is 104 Å². The number of furan rings is 1. The molecular weight excluding hydrogens is 481 g/mol. The zero-order chi connectivity index (χ0) is 20.0. The molecule has 0 aliphatic heterocycles. The Hall–Kier alpha value is -0.810. The van der Waals surface area contributed by atoms with Crippen LogP contribution in [-0.4, -0.2) is 51.1 Å². The summed E-state index contributed by atoms with van der Waals surface area (Å²) in [6, 6.07) is 3.57. The molecule has 0 radical (unpaired) electrons. The SMILES string of the molecule is CCNC(=NCC(C)(C)CCS(C)(=O)=O)NCC(C)(O)c1ccc(C)o1.I. The largest absolute Gasteiger partial charge is 0.463 e. The zero-order valence-corrected chi connectivity index (χ0v) is 20.3. The zero-order valence-electron chi connectivity index (χ0n) is 17.1. The van der Waals surface area contributed by atoms with Gasteiger partial charge in [0.1, 0.15) is 27.0 Å². The Morgan fingerprint density at radius 2 is 1.89 bits per heavy atom. The number of hydrogen-bond acceptors (Lipinski definition) is 5. The predicted molar refractivity (Wildman–Crippen MR) is 121 cm³/mol. The summed E-state index contributed by atoms with van der Waals surface area (Å²) in [5, 5.41) is 16.9. The van der Waals surface area contributed by atoms with E-state index in [9.17, 15) is 13.5 Å². The van der Waals surface area contributed by atoms with Gasteiger partial charge in [0.15, 0.2) is 5.96 Å². The maximum atomic E-state index is 11.4. The van der Waals surface area contributed by atoms with Crippen LogP contribution in [0.15, 0.2) is 21.5 Å². The van der Waals surface area contributed by atoms with Gasteiger partial charge >= 0.3 is 0 Å². The van der Waals surface area contributed by atoms with Crippen LogP contribution >= 0.6 is 24.0 Å². The summed E-state index contributed by atoms with van der Waals surface area (Å²) < 4.78 is 28.3. The summed E-state index contributed by atoms with van der Waals surface area (Å²) in [7, 11) is -2.99. The number of aliphatic imine (C=N–C) groups is 1. The van der Waals surface area contributed by atoms with Crippen LogP contribution in [0.4, 0.5) is 0 Å². The summed E-state index contributed by atoms with van der Waals surface area (Å²) in [5.74, 6) is 1.95. The van der Waals surface area contributed by atoms with E-state index in [0.717, 1.165) is 5.76 Å². The van der Waals surface area contributed by atoms with Gasteiger partial charge in [-0.15, -0.1) is 24.0 Å². The lowest BCUT2D eigenvalue weighted by Gasteiger charge is -2.25. The van der Waals surface area contributed by atoms with Gasteiger partial charge in [0.25, 0.3) is 0 Å². The highest BCUT2D eigenvalue weighted by Gasteiger charge is 2.27. The molecular formula is C18H34IN3O4S. The third-order valence-electron chi connectivity index (χ3n) is 4.03. The summed E-state index contributed by atoms with van der Waals surface area (Å²) in [4.78, 5) is 4.55. The molecule has 1 atom stereocenters. The molecule has 7 nitrogen and oxygen atoms in total. The first kappa shape index (κ1) is 26.2. The molecule has 0 amide bonds. The van der Waals surface area contributed by atoms with Crippen LogP contribution in [0.2, 0.25) is 0 Å². The smallest absolute Gasteiger partial charge is 0.191 e. The van der Waals surface area contributed by atoms with E-state index < -0.39 is 15.4 Å². The fourth-order valence-electron chi connectivity index (χ4n) is 2.24. The van der Waals surface area contributed by atoms with E-state index >= 15 is 0 Å². The molecule has 3 N–H and O–H groups in total. The van der Waals surface area contributed by atoms with Gasteiger partial charge in [-0.25, -0.2) is 8.42 Å². The molecule has 0 spiro atoms. The van der Waals surface area contributed by atoms with Gasteiger partial charge in [0.2, 0.25) is 0 Å². The standard InChI is InChI=1S/C18H33N3O4S.HI/c1-7-19-16(20-12-17(3,4)10-11-26(6,23)24)21-13-18(5,22)15-9-8-14(2)25-15;/h8-9,22H,7,10-13H2,1-6H3,(H2,19,20,21);1H. The van der Waals surface area contributed by atoms with Crippen molar-refractivity contribution in [2.45, 2.75) is 46.6 Å². The first-order valence-electron chi connectivity index (χ1n) is 8.84. The van der Waals surface area contributed by atoms with Crippen molar-refractivity contribution < 1.29 is 17.9 Å². The molecule has 1 unspecified atom stereocenters. The van der Waals surface area contributed by atoms with Crippen molar-refractivity contribution in [1.82, 2.24) is 10.6 Å². The summed E-state index contributed by atoms with van der Waals surface area (Å²) in [5.41, 5.74) is -1.41. The van der Waals surface area contributed by atoms with Crippen LogP contribution in [0.3, 0.4) is 0 Å². The summed E-state index contributed by atoms with van der Waals surface area (Å²) in [6.45, 7) is 10.8. The van der Waals surface area contributed by atoms with Crippen LogP contribution in [0, 0.1) is 12.3 Å². The Balaban J connectivity index is 0.00000676. The van der Waals surface area contributed by atoms with E-state index in [-0.39, 0.29) is 41.7 Å². The van der Waals surface area contributed by atoms with Crippen LogP contribution in [0.5, 0.6) is 0 Å². The molecule has 27 heavy (non-hydrogen) atoms. The van der Waals surface area contributed by atoms with E-state index in [1.165, 1.54) is 6.26 Å². The van der Waals surface area contributed by atoms with E-state index in [4.69, 9.17) is 4.42 Å². The third-order valence-corrected chi connectivity index (χ3v) is 4.98. The highest BCUT2D eigenvalue weighted by molar-refractivity contribution is 14.0. The fraction of sp³-hybridized carbons (Fsp3) is 0.722. The number of halogens is 1. The van der Waals surface area contributed by atoms with E-state index in [1.807, 2.05) is 33.8 Å². The van der Waals surface area contributed by atoms with Crippen molar-refractivity contribution in [2.24, 2.45) is 10.4 Å². The summed E-state index contributed by atoms with van der Waals surface area (Å²) in [6.07, 6.45) is 1.79. The van der Waals surface area contributed by atoms with Gasteiger partial charge in [0, 0.05) is 19.3 Å². The van der Waals surface area contributed by atoms with Crippen LogP contribution in [0.25, 0.3) is 0 Å². The number of rotatable bonds is 9. The number of aliphatic hydroxyl groups is 1. The van der Waals surface area contributed by atoms with Gasteiger partial charge in [0.05, 0.1) is 12.3 Å². The quantitative estimate of drug-likeness (QED) is 0.265. The lowest BCUT2D eigenvalue weighted by atomic mass is 9.90. The van der Waals surface area contributed by atoms with Crippen molar-refractivity contribution in [3.05, 3.63) is 23.7 Å². The first-order valence-corrected chi connectivity index (χ1v) is 10.9. The number of nitrogens with zero attached hydrogens (tertiary/aromatic N) is 1. The number of sulfone groups is 1. The minimum Gasteiger partial charge on any atom is -0.463 e. The maximum absolute atomic E-state index is 11.4. The Morgan fingerprint density at radius 1 is 1.26 bits per heavy atom. The Morgan fingerprint density at radius 3 is 2.37 bits per heavy atom.